The second-order valence-electron chi connectivity index (χ2n) is 2.33. The van der Waals surface area contributed by atoms with Crippen LogP contribution in [-0.4, -0.2) is 0 Å². The van der Waals surface area contributed by atoms with Crippen LogP contribution in [0.2, 0.25) is 0 Å². The van der Waals surface area contributed by atoms with Crippen molar-refractivity contribution >= 4 is 0 Å². The van der Waals surface area contributed by atoms with Crippen molar-refractivity contribution in [3.63, 3.8) is 0 Å². The van der Waals surface area contributed by atoms with Gasteiger partial charge in [-0.15, -0.1) is 12.3 Å². The molecule has 54 valence electrons. The number of nitriles is 1. The fraction of sp³-hybridized carbons (Fsp3) is 0.667. The van der Waals surface area contributed by atoms with E-state index in [-0.39, 0.29) is 5.92 Å². The van der Waals surface area contributed by atoms with Crippen LogP contribution < -0.4 is 0 Å². The Morgan fingerprint density at radius 2 is 2.30 bits per heavy atom. The van der Waals surface area contributed by atoms with Crippen LogP contribution in [0.5, 0.6) is 0 Å². The molecule has 0 rings (SSSR count). The minimum atomic E-state index is 0.216. The van der Waals surface area contributed by atoms with E-state index in [1.54, 1.807) is 0 Å². The van der Waals surface area contributed by atoms with E-state index in [9.17, 15) is 0 Å². The highest BCUT2D eigenvalue weighted by Crippen LogP contribution is 2.10. The second-order valence-corrected chi connectivity index (χ2v) is 2.33. The second kappa shape index (κ2) is 6.17. The lowest BCUT2D eigenvalue weighted by atomic mass is 10.0. The summed E-state index contributed by atoms with van der Waals surface area (Å²) in [7, 11) is 0. The van der Waals surface area contributed by atoms with Crippen molar-refractivity contribution < 1.29 is 0 Å². The molecule has 0 amide bonds. The lowest BCUT2D eigenvalue weighted by molar-refractivity contribution is 0.563. The molecule has 1 heteroatoms. The van der Waals surface area contributed by atoms with Crippen LogP contribution in [-0.2, 0) is 0 Å². The summed E-state index contributed by atoms with van der Waals surface area (Å²) < 4.78 is 0. The fourth-order valence-electron chi connectivity index (χ4n) is 0.810. The van der Waals surface area contributed by atoms with Gasteiger partial charge < -0.3 is 0 Å². The van der Waals surface area contributed by atoms with Gasteiger partial charge in [0, 0.05) is 12.3 Å². The molecule has 0 aromatic rings. The van der Waals surface area contributed by atoms with E-state index < -0.39 is 0 Å². The van der Waals surface area contributed by atoms with Crippen molar-refractivity contribution in [2.75, 3.05) is 0 Å². The Bertz CT molecular complexity index is 147. The van der Waals surface area contributed by atoms with E-state index in [2.05, 4.69) is 12.0 Å². The zero-order valence-electron chi connectivity index (χ0n) is 6.43. The van der Waals surface area contributed by atoms with Crippen LogP contribution in [0.3, 0.4) is 0 Å². The Hall–Kier alpha value is -0.950. The third-order valence-electron chi connectivity index (χ3n) is 1.55. The molecule has 0 saturated carbocycles. The molecule has 0 spiro atoms. The van der Waals surface area contributed by atoms with Crippen molar-refractivity contribution in [2.45, 2.75) is 32.6 Å². The van der Waals surface area contributed by atoms with Gasteiger partial charge in [0.2, 0.25) is 0 Å². The first-order valence-electron chi connectivity index (χ1n) is 3.68. The average Bonchev–Trinajstić information content (AvgIpc) is 1.99. The predicted molar refractivity (Wildman–Crippen MR) is 42.1 cm³/mol. The topological polar surface area (TPSA) is 23.8 Å². The summed E-state index contributed by atoms with van der Waals surface area (Å²) in [6, 6.07) is 2.24. The Kier molecular flexibility index (Phi) is 5.59. The van der Waals surface area contributed by atoms with Crippen molar-refractivity contribution in [1.29, 1.82) is 5.26 Å². The van der Waals surface area contributed by atoms with Gasteiger partial charge >= 0.3 is 0 Å². The molecule has 1 unspecified atom stereocenters. The summed E-state index contributed by atoms with van der Waals surface area (Å²) in [5, 5.41) is 8.52. The molecule has 10 heavy (non-hydrogen) atoms. The third-order valence-corrected chi connectivity index (χ3v) is 1.55. The highest BCUT2D eigenvalue weighted by Gasteiger charge is 2.01. The highest BCUT2D eigenvalue weighted by molar-refractivity contribution is 4.86. The molecule has 0 aromatic heterocycles. The van der Waals surface area contributed by atoms with Gasteiger partial charge in [-0.25, -0.2) is 0 Å². The summed E-state index contributed by atoms with van der Waals surface area (Å²) in [4.78, 5) is 0. The summed E-state index contributed by atoms with van der Waals surface area (Å²) >= 11 is 0. The monoisotopic (exact) mass is 135 g/mol. The smallest absolute Gasteiger partial charge is 0.0655 e. The van der Waals surface area contributed by atoms with Crippen LogP contribution in [0.1, 0.15) is 32.6 Å². The Labute approximate surface area is 63.1 Å². The average molecular weight is 135 g/mol. The first-order valence-corrected chi connectivity index (χ1v) is 3.68. The van der Waals surface area contributed by atoms with Gasteiger partial charge in [0.25, 0.3) is 0 Å². The molecule has 0 aliphatic rings. The number of hydrogen-bond donors (Lipinski definition) is 0. The molecule has 0 aromatic carbocycles. The van der Waals surface area contributed by atoms with Crippen LogP contribution in [0.15, 0.2) is 0 Å². The Balaban J connectivity index is 3.30. The molecule has 0 aliphatic carbocycles. The highest BCUT2D eigenvalue weighted by atomic mass is 14.3. The molecule has 0 heterocycles. The van der Waals surface area contributed by atoms with Gasteiger partial charge in [0.05, 0.1) is 6.07 Å². The Morgan fingerprint density at radius 3 is 2.70 bits per heavy atom. The van der Waals surface area contributed by atoms with Crippen LogP contribution in [0, 0.1) is 29.6 Å². The van der Waals surface area contributed by atoms with E-state index in [1.165, 1.54) is 0 Å². The van der Waals surface area contributed by atoms with Crippen LogP contribution in [0.25, 0.3) is 0 Å². The maximum absolute atomic E-state index is 8.52. The van der Waals surface area contributed by atoms with Gasteiger partial charge in [-0.05, 0) is 19.3 Å². The molecule has 0 bridgehead atoms. The number of nitrogens with zero attached hydrogens (tertiary/aromatic N) is 1. The minimum absolute atomic E-state index is 0.216. The quantitative estimate of drug-likeness (QED) is 0.428. The molecule has 1 atom stereocenters. The van der Waals surface area contributed by atoms with Crippen molar-refractivity contribution in [3.8, 4) is 18.4 Å². The van der Waals surface area contributed by atoms with Crippen molar-refractivity contribution in [2.24, 2.45) is 5.92 Å². The predicted octanol–water partition coefficient (Wildman–Crippen LogP) is 2.34. The fourth-order valence-corrected chi connectivity index (χ4v) is 0.810. The van der Waals surface area contributed by atoms with Crippen LogP contribution >= 0.6 is 0 Å². The first kappa shape index (κ1) is 9.05. The van der Waals surface area contributed by atoms with Gasteiger partial charge in [-0.2, -0.15) is 5.26 Å². The van der Waals surface area contributed by atoms with Gasteiger partial charge in [0.15, 0.2) is 0 Å². The summed E-state index contributed by atoms with van der Waals surface area (Å²) in [5.41, 5.74) is 0. The molecule has 0 N–H and O–H groups in total. The first-order chi connectivity index (χ1) is 4.85. The molecule has 0 radical (unpaired) electrons. The summed E-state index contributed by atoms with van der Waals surface area (Å²) in [6.45, 7) is 2.03. The lowest BCUT2D eigenvalue weighted by Crippen LogP contribution is -1.93. The number of hydrogen-bond acceptors (Lipinski definition) is 1. The minimum Gasteiger partial charge on any atom is -0.198 e. The molecule has 0 fully saturated rings. The molecule has 0 aliphatic heterocycles. The normalized spacial score (nSPS) is 11.5. The summed E-state index contributed by atoms with van der Waals surface area (Å²) in [5.74, 6) is 2.78. The van der Waals surface area contributed by atoms with Crippen LogP contribution in [0.4, 0.5) is 0 Å². The summed E-state index contributed by atoms with van der Waals surface area (Å²) in [6.07, 6.45) is 8.76. The molecule has 1 nitrogen and oxygen atoms in total. The van der Waals surface area contributed by atoms with Gasteiger partial charge in [-0.3, -0.25) is 0 Å². The maximum atomic E-state index is 8.52. The van der Waals surface area contributed by atoms with Gasteiger partial charge in [0.1, 0.15) is 0 Å². The van der Waals surface area contributed by atoms with E-state index >= 15 is 0 Å². The SMILES string of the molecule is C#CCCCC(C#N)CC. The maximum Gasteiger partial charge on any atom is 0.0655 e. The number of terminal acetylenes is 1. The van der Waals surface area contributed by atoms with Crippen molar-refractivity contribution in [1.82, 2.24) is 0 Å². The standard InChI is InChI=1S/C9H13N/c1-3-5-6-7-9(4-2)8-10/h1,9H,4-7H2,2H3. The van der Waals surface area contributed by atoms with E-state index in [0.717, 1.165) is 25.7 Å². The lowest BCUT2D eigenvalue weighted by Gasteiger charge is -2.01. The zero-order valence-corrected chi connectivity index (χ0v) is 6.43. The third kappa shape index (κ3) is 3.98. The largest absolute Gasteiger partial charge is 0.198 e. The molecule has 0 saturated heterocycles. The Morgan fingerprint density at radius 1 is 1.60 bits per heavy atom. The molecular weight excluding hydrogens is 122 g/mol. The van der Waals surface area contributed by atoms with E-state index in [4.69, 9.17) is 11.7 Å². The number of rotatable bonds is 4. The van der Waals surface area contributed by atoms with Crippen molar-refractivity contribution in [3.05, 3.63) is 0 Å². The van der Waals surface area contributed by atoms with E-state index in [1.807, 2.05) is 6.92 Å². The zero-order chi connectivity index (χ0) is 7.82. The molecular formula is C9H13N. The van der Waals surface area contributed by atoms with E-state index in [0.29, 0.717) is 0 Å². The van der Waals surface area contributed by atoms with Gasteiger partial charge in [-0.1, -0.05) is 6.92 Å². The number of unbranched alkanes of at least 4 members (excludes halogenated alkanes) is 1.